The van der Waals surface area contributed by atoms with Gasteiger partial charge in [-0.1, -0.05) is 23.8 Å². The van der Waals surface area contributed by atoms with Crippen molar-refractivity contribution in [2.24, 2.45) is 0 Å². The molecule has 0 fully saturated rings. The molecule has 1 N–H and O–H groups in total. The van der Waals surface area contributed by atoms with Crippen LogP contribution in [0.3, 0.4) is 0 Å². The lowest BCUT2D eigenvalue weighted by Crippen LogP contribution is -2.30. The molecule has 1 amide bonds. The molecule has 1 unspecified atom stereocenters. The molecular weight excluding hydrogens is 318 g/mol. The Kier molecular flexibility index (Phi) is 6.17. The first-order chi connectivity index (χ1) is 11.9. The molecule has 0 heterocycles. The SMILES string of the molecule is CCOC(=O)c1ccc(C)c(NC(=O)C(C)Oc2ccc(C)cc2)c1. The Labute approximate surface area is 148 Å². The monoisotopic (exact) mass is 341 g/mol. The third-order valence-corrected chi connectivity index (χ3v) is 3.71. The summed E-state index contributed by atoms with van der Waals surface area (Å²) in [5.74, 6) is -0.0723. The van der Waals surface area contributed by atoms with Crippen LogP contribution < -0.4 is 10.1 Å². The second kappa shape index (κ2) is 8.33. The molecule has 0 bridgehead atoms. The lowest BCUT2D eigenvalue weighted by molar-refractivity contribution is -0.122. The molecule has 0 aliphatic rings. The van der Waals surface area contributed by atoms with Crippen molar-refractivity contribution in [3.05, 3.63) is 59.2 Å². The molecule has 25 heavy (non-hydrogen) atoms. The molecular formula is C20H23NO4. The van der Waals surface area contributed by atoms with Crippen molar-refractivity contribution >= 4 is 17.6 Å². The predicted octanol–water partition coefficient (Wildman–Crippen LogP) is 3.89. The highest BCUT2D eigenvalue weighted by atomic mass is 16.5. The number of ether oxygens (including phenoxy) is 2. The van der Waals surface area contributed by atoms with Crippen LogP contribution >= 0.6 is 0 Å². The fourth-order valence-electron chi connectivity index (χ4n) is 2.21. The summed E-state index contributed by atoms with van der Waals surface area (Å²) in [6.07, 6.45) is -0.673. The highest BCUT2D eigenvalue weighted by Gasteiger charge is 2.17. The smallest absolute Gasteiger partial charge is 0.338 e. The summed E-state index contributed by atoms with van der Waals surface area (Å²) in [4.78, 5) is 24.2. The Hall–Kier alpha value is -2.82. The van der Waals surface area contributed by atoms with E-state index in [1.54, 1.807) is 32.0 Å². The van der Waals surface area contributed by atoms with Gasteiger partial charge in [0.25, 0.3) is 5.91 Å². The van der Waals surface area contributed by atoms with Gasteiger partial charge in [-0.2, -0.15) is 0 Å². The van der Waals surface area contributed by atoms with E-state index in [9.17, 15) is 9.59 Å². The summed E-state index contributed by atoms with van der Waals surface area (Å²) in [7, 11) is 0. The van der Waals surface area contributed by atoms with Crippen molar-refractivity contribution in [1.82, 2.24) is 0 Å². The van der Waals surface area contributed by atoms with Crippen LogP contribution in [-0.4, -0.2) is 24.6 Å². The zero-order valence-corrected chi connectivity index (χ0v) is 15.0. The van der Waals surface area contributed by atoms with Crippen LogP contribution in [0.25, 0.3) is 0 Å². The van der Waals surface area contributed by atoms with E-state index in [1.807, 2.05) is 38.1 Å². The number of anilines is 1. The number of nitrogens with one attached hydrogen (secondary N) is 1. The lowest BCUT2D eigenvalue weighted by Gasteiger charge is -2.16. The number of esters is 1. The molecule has 2 rings (SSSR count). The molecule has 0 saturated carbocycles. The average Bonchev–Trinajstić information content (AvgIpc) is 2.59. The Morgan fingerprint density at radius 1 is 1.08 bits per heavy atom. The van der Waals surface area contributed by atoms with Crippen molar-refractivity contribution in [2.75, 3.05) is 11.9 Å². The maximum absolute atomic E-state index is 12.4. The zero-order valence-electron chi connectivity index (χ0n) is 15.0. The molecule has 1 atom stereocenters. The second-order valence-corrected chi connectivity index (χ2v) is 5.81. The Bertz CT molecular complexity index is 753. The van der Waals surface area contributed by atoms with Crippen molar-refractivity contribution < 1.29 is 19.1 Å². The van der Waals surface area contributed by atoms with Crippen LogP contribution in [-0.2, 0) is 9.53 Å². The maximum Gasteiger partial charge on any atom is 0.338 e. The van der Waals surface area contributed by atoms with E-state index >= 15 is 0 Å². The number of hydrogen-bond acceptors (Lipinski definition) is 4. The van der Waals surface area contributed by atoms with Gasteiger partial charge in [0.1, 0.15) is 5.75 Å². The predicted molar refractivity (Wildman–Crippen MR) is 97.0 cm³/mol. The molecule has 5 heteroatoms. The highest BCUT2D eigenvalue weighted by molar-refractivity contribution is 5.97. The molecule has 2 aromatic carbocycles. The topological polar surface area (TPSA) is 64.6 Å². The van der Waals surface area contributed by atoms with E-state index in [1.165, 1.54) is 0 Å². The molecule has 0 spiro atoms. The van der Waals surface area contributed by atoms with Gasteiger partial charge in [0.2, 0.25) is 0 Å². The minimum Gasteiger partial charge on any atom is -0.481 e. The number of aryl methyl sites for hydroxylation is 2. The molecule has 0 aliphatic carbocycles. The Morgan fingerprint density at radius 3 is 2.40 bits per heavy atom. The molecule has 2 aromatic rings. The number of benzene rings is 2. The van der Waals surface area contributed by atoms with Crippen molar-refractivity contribution in [3.63, 3.8) is 0 Å². The molecule has 0 radical (unpaired) electrons. The first kappa shape index (κ1) is 18.5. The van der Waals surface area contributed by atoms with Gasteiger partial charge < -0.3 is 14.8 Å². The van der Waals surface area contributed by atoms with E-state index in [-0.39, 0.29) is 5.91 Å². The van der Waals surface area contributed by atoms with Crippen molar-refractivity contribution in [3.8, 4) is 5.75 Å². The van der Waals surface area contributed by atoms with Crippen LogP contribution in [0.15, 0.2) is 42.5 Å². The standard InChI is InChI=1S/C20H23NO4/c1-5-24-20(23)16-9-8-14(3)18(12-16)21-19(22)15(4)25-17-10-6-13(2)7-11-17/h6-12,15H,5H2,1-4H3,(H,21,22). The number of amides is 1. The van der Waals surface area contributed by atoms with Crippen LogP contribution in [0, 0.1) is 13.8 Å². The maximum atomic E-state index is 12.4. The van der Waals surface area contributed by atoms with Gasteiger partial charge in [-0.15, -0.1) is 0 Å². The van der Waals surface area contributed by atoms with Gasteiger partial charge >= 0.3 is 5.97 Å². The summed E-state index contributed by atoms with van der Waals surface area (Å²) in [6.45, 7) is 7.57. The normalized spacial score (nSPS) is 11.5. The van der Waals surface area contributed by atoms with E-state index in [4.69, 9.17) is 9.47 Å². The van der Waals surface area contributed by atoms with Crippen LogP contribution in [0.2, 0.25) is 0 Å². The van der Waals surface area contributed by atoms with E-state index in [0.29, 0.717) is 23.6 Å². The number of rotatable bonds is 6. The quantitative estimate of drug-likeness (QED) is 0.810. The van der Waals surface area contributed by atoms with E-state index in [0.717, 1.165) is 11.1 Å². The van der Waals surface area contributed by atoms with Crippen LogP contribution in [0.5, 0.6) is 5.75 Å². The van der Waals surface area contributed by atoms with E-state index in [2.05, 4.69) is 5.32 Å². The van der Waals surface area contributed by atoms with Crippen molar-refractivity contribution in [1.29, 1.82) is 0 Å². The van der Waals surface area contributed by atoms with E-state index < -0.39 is 12.1 Å². The summed E-state index contributed by atoms with van der Waals surface area (Å²) in [6, 6.07) is 12.6. The van der Waals surface area contributed by atoms with Crippen LogP contribution in [0.4, 0.5) is 5.69 Å². The number of carbonyl (C=O) groups is 2. The third-order valence-electron chi connectivity index (χ3n) is 3.71. The average molecular weight is 341 g/mol. The summed E-state index contributed by atoms with van der Waals surface area (Å²) in [5, 5.41) is 2.81. The first-order valence-electron chi connectivity index (χ1n) is 8.22. The number of hydrogen-bond donors (Lipinski definition) is 1. The third kappa shape index (κ3) is 5.08. The molecule has 0 aromatic heterocycles. The lowest BCUT2D eigenvalue weighted by atomic mass is 10.1. The second-order valence-electron chi connectivity index (χ2n) is 5.81. The highest BCUT2D eigenvalue weighted by Crippen LogP contribution is 2.19. The minimum absolute atomic E-state index is 0.287. The molecule has 0 aliphatic heterocycles. The fourth-order valence-corrected chi connectivity index (χ4v) is 2.21. The molecule has 0 saturated heterocycles. The van der Waals surface area contributed by atoms with Gasteiger partial charge in [0.05, 0.1) is 12.2 Å². The van der Waals surface area contributed by atoms with Gasteiger partial charge in [-0.05, 0) is 57.5 Å². The number of carbonyl (C=O) groups excluding carboxylic acids is 2. The van der Waals surface area contributed by atoms with Crippen LogP contribution in [0.1, 0.15) is 35.3 Å². The minimum atomic E-state index is -0.673. The van der Waals surface area contributed by atoms with Crippen molar-refractivity contribution in [2.45, 2.75) is 33.8 Å². The summed E-state index contributed by atoms with van der Waals surface area (Å²) in [5.41, 5.74) is 2.93. The Morgan fingerprint density at radius 2 is 1.76 bits per heavy atom. The van der Waals surface area contributed by atoms with Gasteiger partial charge in [0.15, 0.2) is 6.10 Å². The van der Waals surface area contributed by atoms with Gasteiger partial charge in [-0.3, -0.25) is 4.79 Å². The van der Waals surface area contributed by atoms with Gasteiger partial charge in [-0.25, -0.2) is 4.79 Å². The molecule has 5 nitrogen and oxygen atoms in total. The largest absolute Gasteiger partial charge is 0.481 e. The zero-order chi connectivity index (χ0) is 18.4. The first-order valence-corrected chi connectivity index (χ1v) is 8.22. The van der Waals surface area contributed by atoms with Gasteiger partial charge in [0, 0.05) is 5.69 Å². The fraction of sp³-hybridized carbons (Fsp3) is 0.300. The summed E-state index contributed by atoms with van der Waals surface area (Å²) < 4.78 is 10.6. The summed E-state index contributed by atoms with van der Waals surface area (Å²) >= 11 is 0. The Balaban J connectivity index is 2.07. The molecule has 132 valence electrons.